The minimum absolute atomic E-state index is 0.177. The molecule has 0 fully saturated rings. The number of hydrogen-bond donors (Lipinski definition) is 0. The van der Waals surface area contributed by atoms with Crippen LogP contribution in [0.15, 0.2) is 47.4 Å². The first kappa shape index (κ1) is 18.6. The van der Waals surface area contributed by atoms with E-state index in [0.717, 1.165) is 10.5 Å². The molecule has 0 aliphatic heterocycles. The van der Waals surface area contributed by atoms with Gasteiger partial charge in [-0.25, -0.2) is 0 Å². The van der Waals surface area contributed by atoms with Gasteiger partial charge < -0.3 is 9.90 Å². The molecule has 0 radical (unpaired) electrons. The van der Waals surface area contributed by atoms with Crippen LogP contribution < -0.4 is 5.11 Å². The second kappa shape index (κ2) is 6.85. The fourth-order valence-corrected chi connectivity index (χ4v) is 4.03. The Bertz CT molecular complexity index is 896. The summed E-state index contributed by atoms with van der Waals surface area (Å²) in [6.07, 6.45) is 2.39. The fourth-order valence-electron chi connectivity index (χ4n) is 3.47. The Hall–Kier alpha value is -2.18. The lowest BCUT2D eigenvalue weighted by Gasteiger charge is -2.41. The first-order chi connectivity index (χ1) is 12.2. The number of thioether (sulfide) groups is 1. The molecule has 0 saturated heterocycles. The Morgan fingerprint density at radius 1 is 0.962 bits per heavy atom. The van der Waals surface area contributed by atoms with Gasteiger partial charge in [-0.05, 0) is 81.6 Å². The van der Waals surface area contributed by atoms with Gasteiger partial charge in [-0.3, -0.25) is 0 Å². The maximum atomic E-state index is 10.8. The van der Waals surface area contributed by atoms with E-state index < -0.39 is 5.97 Å². The molecule has 26 heavy (non-hydrogen) atoms. The van der Waals surface area contributed by atoms with Crippen molar-refractivity contribution in [1.82, 2.24) is 0 Å². The van der Waals surface area contributed by atoms with Crippen molar-refractivity contribution in [3.8, 4) is 11.2 Å². The minimum atomic E-state index is -1.16. The van der Waals surface area contributed by atoms with Crippen molar-refractivity contribution >= 4 is 17.7 Å². The Labute approximate surface area is 160 Å². The first-order valence-corrected chi connectivity index (χ1v) is 9.65. The third-order valence-corrected chi connectivity index (χ3v) is 6.02. The van der Waals surface area contributed by atoms with E-state index in [9.17, 15) is 9.90 Å². The highest BCUT2D eigenvalue weighted by molar-refractivity contribution is 8.04. The quantitative estimate of drug-likeness (QED) is 0.583. The first-order valence-electron chi connectivity index (χ1n) is 8.83. The molecular formula is C23H23O2S-. The highest BCUT2D eigenvalue weighted by atomic mass is 32.2. The SMILES string of the molecule is CC1(C)CCC(C)(C)c2cc(C#CSc3ccc(C(=O)[O-])cc3)ccc21. The molecule has 0 spiro atoms. The maximum absolute atomic E-state index is 10.8. The van der Waals surface area contributed by atoms with Crippen LogP contribution in [-0.2, 0) is 10.8 Å². The van der Waals surface area contributed by atoms with Gasteiger partial charge in [-0.15, -0.1) is 0 Å². The van der Waals surface area contributed by atoms with Crippen molar-refractivity contribution in [2.45, 2.75) is 56.3 Å². The summed E-state index contributed by atoms with van der Waals surface area (Å²) in [5.41, 5.74) is 4.44. The molecule has 0 bridgehead atoms. The molecule has 2 nitrogen and oxygen atoms in total. The van der Waals surface area contributed by atoms with Crippen LogP contribution in [0.25, 0.3) is 0 Å². The molecule has 0 N–H and O–H groups in total. The van der Waals surface area contributed by atoms with Gasteiger partial charge in [0.25, 0.3) is 0 Å². The predicted octanol–water partition coefficient (Wildman–Crippen LogP) is 4.50. The Morgan fingerprint density at radius 2 is 1.58 bits per heavy atom. The molecule has 3 rings (SSSR count). The highest BCUT2D eigenvalue weighted by Crippen LogP contribution is 2.45. The zero-order chi connectivity index (χ0) is 18.9. The van der Waals surface area contributed by atoms with Crippen LogP contribution in [0.4, 0.5) is 0 Å². The fraction of sp³-hybridized carbons (Fsp3) is 0.348. The summed E-state index contributed by atoms with van der Waals surface area (Å²) >= 11 is 1.40. The van der Waals surface area contributed by atoms with Crippen LogP contribution in [0.2, 0.25) is 0 Å². The molecule has 3 heteroatoms. The zero-order valence-corrected chi connectivity index (χ0v) is 16.5. The third-order valence-electron chi connectivity index (χ3n) is 5.31. The number of aromatic carboxylic acids is 1. The van der Waals surface area contributed by atoms with Gasteiger partial charge in [-0.1, -0.05) is 51.8 Å². The van der Waals surface area contributed by atoms with E-state index in [4.69, 9.17) is 0 Å². The average molecular weight is 364 g/mol. The molecule has 2 aromatic carbocycles. The number of hydrogen-bond acceptors (Lipinski definition) is 3. The van der Waals surface area contributed by atoms with Gasteiger partial charge in [-0.2, -0.15) is 0 Å². The second-order valence-corrected chi connectivity index (χ2v) is 9.05. The summed E-state index contributed by atoms with van der Waals surface area (Å²) < 4.78 is 0. The molecule has 0 amide bonds. The normalized spacial score (nSPS) is 16.9. The van der Waals surface area contributed by atoms with E-state index in [1.54, 1.807) is 24.3 Å². The molecule has 0 aromatic heterocycles. The lowest BCUT2D eigenvalue weighted by Crippen LogP contribution is -2.33. The van der Waals surface area contributed by atoms with Gasteiger partial charge >= 0.3 is 0 Å². The molecule has 1 aliphatic rings. The van der Waals surface area contributed by atoms with Gasteiger partial charge in [0, 0.05) is 10.5 Å². The second-order valence-electron chi connectivity index (χ2n) is 8.17. The standard InChI is InChI=1S/C23H24O2S/c1-22(2)12-13-23(3,4)20-15-16(5-10-19(20)22)11-14-26-18-8-6-17(7-9-18)21(24)25/h5-10,15H,12-13H2,1-4H3,(H,24,25)/p-1. The number of carbonyl (C=O) groups is 1. The summed E-state index contributed by atoms with van der Waals surface area (Å²) in [5.74, 6) is 2.07. The summed E-state index contributed by atoms with van der Waals surface area (Å²) in [7, 11) is 0. The summed E-state index contributed by atoms with van der Waals surface area (Å²) in [5, 5.41) is 13.9. The average Bonchev–Trinajstić information content (AvgIpc) is 2.59. The van der Waals surface area contributed by atoms with Crippen LogP contribution in [0.5, 0.6) is 0 Å². The van der Waals surface area contributed by atoms with E-state index in [2.05, 4.69) is 57.1 Å². The number of fused-ring (bicyclic) bond motifs is 1. The molecule has 0 heterocycles. The van der Waals surface area contributed by atoms with Crippen LogP contribution in [0, 0.1) is 11.2 Å². The Morgan fingerprint density at radius 3 is 2.19 bits per heavy atom. The van der Waals surface area contributed by atoms with Gasteiger partial charge in [0.15, 0.2) is 0 Å². The van der Waals surface area contributed by atoms with Crippen LogP contribution in [0.1, 0.15) is 67.6 Å². The third kappa shape index (κ3) is 3.81. The molecule has 0 unspecified atom stereocenters. The number of rotatable bonds is 2. The Kier molecular flexibility index (Phi) is 4.90. The van der Waals surface area contributed by atoms with Crippen molar-refractivity contribution in [3.05, 3.63) is 64.7 Å². The molecule has 2 aromatic rings. The molecular weight excluding hydrogens is 340 g/mol. The highest BCUT2D eigenvalue weighted by Gasteiger charge is 2.36. The lowest BCUT2D eigenvalue weighted by atomic mass is 9.63. The van der Waals surface area contributed by atoms with Crippen molar-refractivity contribution in [2.75, 3.05) is 0 Å². The predicted molar refractivity (Wildman–Crippen MR) is 105 cm³/mol. The smallest absolute Gasteiger partial charge is 0.0715 e. The monoisotopic (exact) mass is 363 g/mol. The van der Waals surface area contributed by atoms with Crippen LogP contribution >= 0.6 is 11.8 Å². The van der Waals surface area contributed by atoms with E-state index >= 15 is 0 Å². The summed E-state index contributed by atoms with van der Waals surface area (Å²) in [6.45, 7) is 9.26. The molecule has 1 aliphatic carbocycles. The number of carbonyl (C=O) groups excluding carboxylic acids is 1. The van der Waals surface area contributed by atoms with Crippen molar-refractivity contribution in [1.29, 1.82) is 0 Å². The summed E-state index contributed by atoms with van der Waals surface area (Å²) in [4.78, 5) is 11.7. The van der Waals surface area contributed by atoms with Crippen LogP contribution in [0.3, 0.4) is 0 Å². The van der Waals surface area contributed by atoms with E-state index in [0.29, 0.717) is 0 Å². The van der Waals surface area contributed by atoms with Gasteiger partial charge in [0.2, 0.25) is 0 Å². The number of carboxylic acids is 1. The number of carboxylic acid groups (broad SMARTS) is 1. The minimum Gasteiger partial charge on any atom is -0.545 e. The molecule has 0 saturated carbocycles. The topological polar surface area (TPSA) is 40.1 Å². The van der Waals surface area contributed by atoms with E-state index in [1.807, 2.05) is 0 Å². The van der Waals surface area contributed by atoms with E-state index in [-0.39, 0.29) is 16.4 Å². The maximum Gasteiger partial charge on any atom is 0.0715 e. The Balaban J connectivity index is 1.82. The van der Waals surface area contributed by atoms with Crippen molar-refractivity contribution < 1.29 is 9.90 Å². The lowest BCUT2D eigenvalue weighted by molar-refractivity contribution is -0.255. The van der Waals surface area contributed by atoms with Crippen LogP contribution in [-0.4, -0.2) is 5.97 Å². The van der Waals surface area contributed by atoms with E-state index in [1.165, 1.54) is 35.7 Å². The van der Waals surface area contributed by atoms with Crippen molar-refractivity contribution in [3.63, 3.8) is 0 Å². The van der Waals surface area contributed by atoms with Gasteiger partial charge in [0.05, 0.1) is 5.97 Å². The number of benzene rings is 2. The largest absolute Gasteiger partial charge is 0.545 e. The molecule has 0 atom stereocenters. The van der Waals surface area contributed by atoms with Gasteiger partial charge in [0.1, 0.15) is 0 Å². The van der Waals surface area contributed by atoms with Crippen molar-refractivity contribution in [2.24, 2.45) is 0 Å². The zero-order valence-electron chi connectivity index (χ0n) is 15.7. The summed E-state index contributed by atoms with van der Waals surface area (Å²) in [6, 6.07) is 13.2. The molecule has 134 valence electrons.